The van der Waals surface area contributed by atoms with Gasteiger partial charge in [-0.15, -0.1) is 24.0 Å². The van der Waals surface area contributed by atoms with Crippen LogP contribution in [-0.4, -0.2) is 59.4 Å². The standard InChI is InChI=1S/C16H25N5O.HI/c1-4-17-16(18-12-15-7-5-6-13(2)19-15)21-10-8-20(9-11-21)14(3)22;/h5-7H,4,8-12H2,1-3H3,(H,17,18);1H. The minimum Gasteiger partial charge on any atom is -0.357 e. The van der Waals surface area contributed by atoms with Crippen LogP contribution < -0.4 is 5.32 Å². The van der Waals surface area contributed by atoms with Crippen LogP contribution in [0.4, 0.5) is 0 Å². The molecule has 1 aromatic heterocycles. The zero-order chi connectivity index (χ0) is 15.9. The number of nitrogens with one attached hydrogen (secondary N) is 1. The Kier molecular flexibility index (Phi) is 8.29. The second-order valence-electron chi connectivity index (χ2n) is 5.43. The molecule has 0 atom stereocenters. The van der Waals surface area contributed by atoms with Gasteiger partial charge in [-0.1, -0.05) is 6.07 Å². The van der Waals surface area contributed by atoms with E-state index in [-0.39, 0.29) is 29.9 Å². The van der Waals surface area contributed by atoms with Crippen LogP contribution in [0.15, 0.2) is 23.2 Å². The smallest absolute Gasteiger partial charge is 0.219 e. The van der Waals surface area contributed by atoms with Gasteiger partial charge in [0.2, 0.25) is 5.91 Å². The molecule has 128 valence electrons. The van der Waals surface area contributed by atoms with Crippen molar-refractivity contribution in [2.75, 3.05) is 32.7 Å². The number of pyridine rings is 1. The molecule has 7 heteroatoms. The fourth-order valence-corrected chi connectivity index (χ4v) is 2.50. The van der Waals surface area contributed by atoms with Crippen molar-refractivity contribution in [3.63, 3.8) is 0 Å². The maximum atomic E-state index is 11.4. The van der Waals surface area contributed by atoms with Crippen LogP contribution in [0.5, 0.6) is 0 Å². The summed E-state index contributed by atoms with van der Waals surface area (Å²) in [6.45, 7) is 10.2. The minimum atomic E-state index is 0. The Hall–Kier alpha value is -1.38. The summed E-state index contributed by atoms with van der Waals surface area (Å²) < 4.78 is 0. The first-order valence-electron chi connectivity index (χ1n) is 7.81. The van der Waals surface area contributed by atoms with Gasteiger partial charge in [0.15, 0.2) is 5.96 Å². The van der Waals surface area contributed by atoms with E-state index >= 15 is 0 Å². The monoisotopic (exact) mass is 431 g/mol. The first-order chi connectivity index (χ1) is 10.6. The van der Waals surface area contributed by atoms with E-state index in [9.17, 15) is 4.79 Å². The highest BCUT2D eigenvalue weighted by Crippen LogP contribution is 2.05. The van der Waals surface area contributed by atoms with E-state index in [2.05, 4.69) is 27.1 Å². The first kappa shape index (κ1) is 19.7. The summed E-state index contributed by atoms with van der Waals surface area (Å²) >= 11 is 0. The first-order valence-corrected chi connectivity index (χ1v) is 7.81. The molecule has 23 heavy (non-hydrogen) atoms. The molecule has 0 aromatic carbocycles. The highest BCUT2D eigenvalue weighted by Gasteiger charge is 2.20. The third-order valence-electron chi connectivity index (χ3n) is 3.70. The number of carbonyl (C=O) groups is 1. The van der Waals surface area contributed by atoms with Crippen molar-refractivity contribution in [2.45, 2.75) is 27.3 Å². The van der Waals surface area contributed by atoms with E-state index < -0.39 is 0 Å². The molecular formula is C16H26IN5O. The third-order valence-corrected chi connectivity index (χ3v) is 3.70. The summed E-state index contributed by atoms with van der Waals surface area (Å²) in [5.74, 6) is 1.04. The van der Waals surface area contributed by atoms with Crippen LogP contribution in [0, 0.1) is 6.92 Å². The summed E-state index contributed by atoms with van der Waals surface area (Å²) in [7, 11) is 0. The van der Waals surface area contributed by atoms with E-state index in [1.807, 2.05) is 30.0 Å². The summed E-state index contributed by atoms with van der Waals surface area (Å²) in [6, 6.07) is 5.99. The lowest BCUT2D eigenvalue weighted by Crippen LogP contribution is -2.53. The van der Waals surface area contributed by atoms with Gasteiger partial charge < -0.3 is 15.1 Å². The predicted molar refractivity (Wildman–Crippen MR) is 103 cm³/mol. The maximum Gasteiger partial charge on any atom is 0.219 e. The van der Waals surface area contributed by atoms with E-state index in [1.54, 1.807) is 6.92 Å². The number of aromatic nitrogens is 1. The third kappa shape index (κ3) is 5.96. The molecule has 2 heterocycles. The zero-order valence-corrected chi connectivity index (χ0v) is 16.4. The molecule has 0 spiro atoms. The molecule has 1 aromatic rings. The maximum absolute atomic E-state index is 11.4. The number of hydrogen-bond donors (Lipinski definition) is 1. The number of aryl methyl sites for hydroxylation is 1. The highest BCUT2D eigenvalue weighted by atomic mass is 127. The predicted octanol–water partition coefficient (Wildman–Crippen LogP) is 1.64. The van der Waals surface area contributed by atoms with Gasteiger partial charge in [-0.05, 0) is 26.0 Å². The van der Waals surface area contributed by atoms with Gasteiger partial charge >= 0.3 is 0 Å². The van der Waals surface area contributed by atoms with Crippen molar-refractivity contribution in [3.05, 3.63) is 29.6 Å². The quantitative estimate of drug-likeness (QED) is 0.449. The lowest BCUT2D eigenvalue weighted by atomic mass is 10.3. The molecule has 0 unspecified atom stereocenters. The molecule has 0 saturated carbocycles. The lowest BCUT2D eigenvalue weighted by Gasteiger charge is -2.36. The summed E-state index contributed by atoms with van der Waals surface area (Å²) in [5, 5.41) is 3.33. The highest BCUT2D eigenvalue weighted by molar-refractivity contribution is 14.0. The molecular weight excluding hydrogens is 405 g/mol. The summed E-state index contributed by atoms with van der Waals surface area (Å²) in [5.41, 5.74) is 1.98. The van der Waals surface area contributed by atoms with Crippen molar-refractivity contribution in [1.82, 2.24) is 20.1 Å². The number of guanidine groups is 1. The largest absolute Gasteiger partial charge is 0.357 e. The van der Waals surface area contributed by atoms with E-state index in [1.165, 1.54) is 0 Å². The Morgan fingerprint density at radius 2 is 1.91 bits per heavy atom. The van der Waals surface area contributed by atoms with Crippen LogP contribution in [0.2, 0.25) is 0 Å². The number of amides is 1. The van der Waals surface area contributed by atoms with Gasteiger partial charge in [0.25, 0.3) is 0 Å². The van der Waals surface area contributed by atoms with Gasteiger partial charge in [-0.2, -0.15) is 0 Å². The molecule has 1 aliphatic rings. The van der Waals surface area contributed by atoms with Crippen molar-refractivity contribution in [1.29, 1.82) is 0 Å². The molecule has 0 aliphatic carbocycles. The lowest BCUT2D eigenvalue weighted by molar-refractivity contribution is -0.130. The number of hydrogen-bond acceptors (Lipinski definition) is 3. The van der Waals surface area contributed by atoms with Crippen LogP contribution in [0.25, 0.3) is 0 Å². The number of carbonyl (C=O) groups excluding carboxylic acids is 1. The molecule has 6 nitrogen and oxygen atoms in total. The van der Waals surface area contributed by atoms with E-state index in [0.717, 1.165) is 50.1 Å². The second-order valence-corrected chi connectivity index (χ2v) is 5.43. The molecule has 0 bridgehead atoms. The molecule has 1 N–H and O–H groups in total. The minimum absolute atomic E-state index is 0. The van der Waals surface area contributed by atoms with Crippen molar-refractivity contribution in [3.8, 4) is 0 Å². The molecule has 1 amide bonds. The van der Waals surface area contributed by atoms with Gasteiger partial charge in [-0.25, -0.2) is 4.99 Å². The van der Waals surface area contributed by atoms with Gasteiger partial charge in [0.1, 0.15) is 0 Å². The van der Waals surface area contributed by atoms with Crippen LogP contribution in [0.3, 0.4) is 0 Å². The molecule has 1 saturated heterocycles. The SMILES string of the molecule is CCNC(=NCc1cccc(C)n1)N1CCN(C(C)=O)CC1.I. The normalized spacial score (nSPS) is 15.2. The molecule has 0 radical (unpaired) electrons. The van der Waals surface area contributed by atoms with Crippen LogP contribution in [-0.2, 0) is 11.3 Å². The molecule has 1 aliphatic heterocycles. The Bertz CT molecular complexity index is 541. The molecule has 2 rings (SSSR count). The number of aliphatic imine (C=N–C) groups is 1. The number of rotatable bonds is 3. The Morgan fingerprint density at radius 3 is 2.48 bits per heavy atom. The van der Waals surface area contributed by atoms with Crippen molar-refractivity contribution < 1.29 is 4.79 Å². The second kappa shape index (κ2) is 9.69. The van der Waals surface area contributed by atoms with E-state index in [0.29, 0.717) is 6.54 Å². The fourth-order valence-electron chi connectivity index (χ4n) is 2.50. The Morgan fingerprint density at radius 1 is 1.26 bits per heavy atom. The average molecular weight is 431 g/mol. The topological polar surface area (TPSA) is 60.8 Å². The molecule has 1 fully saturated rings. The van der Waals surface area contributed by atoms with Crippen LogP contribution in [0.1, 0.15) is 25.2 Å². The summed E-state index contributed by atoms with van der Waals surface area (Å²) in [6.07, 6.45) is 0. The van der Waals surface area contributed by atoms with Crippen LogP contribution >= 0.6 is 24.0 Å². The van der Waals surface area contributed by atoms with Gasteiger partial charge in [0.05, 0.1) is 12.2 Å². The number of halogens is 1. The number of piperazine rings is 1. The van der Waals surface area contributed by atoms with E-state index in [4.69, 9.17) is 0 Å². The van der Waals surface area contributed by atoms with Gasteiger partial charge in [-0.3, -0.25) is 9.78 Å². The Labute approximate surface area is 155 Å². The van der Waals surface area contributed by atoms with Crippen molar-refractivity contribution in [2.24, 2.45) is 4.99 Å². The Balaban J connectivity index is 0.00000264. The zero-order valence-electron chi connectivity index (χ0n) is 14.1. The summed E-state index contributed by atoms with van der Waals surface area (Å²) in [4.78, 5) is 24.6. The van der Waals surface area contributed by atoms with Gasteiger partial charge in [0, 0.05) is 45.3 Å². The fraction of sp³-hybridized carbons (Fsp3) is 0.562. The number of nitrogens with zero attached hydrogens (tertiary/aromatic N) is 4. The average Bonchev–Trinajstić information content (AvgIpc) is 2.51. The van der Waals surface area contributed by atoms with Crippen molar-refractivity contribution >= 4 is 35.8 Å².